The highest BCUT2D eigenvalue weighted by atomic mass is 32.2. The number of rotatable bonds is 5. The average Bonchev–Trinajstić information content (AvgIpc) is 3.34. The molecule has 0 radical (unpaired) electrons. The first kappa shape index (κ1) is 17.9. The summed E-state index contributed by atoms with van der Waals surface area (Å²) in [5.74, 6) is 0.650. The van der Waals surface area contributed by atoms with Gasteiger partial charge in [-0.05, 0) is 60.8 Å². The summed E-state index contributed by atoms with van der Waals surface area (Å²) in [7, 11) is -3.18. The van der Waals surface area contributed by atoms with Gasteiger partial charge in [-0.3, -0.25) is 4.68 Å². The van der Waals surface area contributed by atoms with Gasteiger partial charge in [0.2, 0.25) is 0 Å². The van der Waals surface area contributed by atoms with E-state index in [9.17, 15) is 8.42 Å². The van der Waals surface area contributed by atoms with Crippen molar-refractivity contribution in [2.24, 2.45) is 5.92 Å². The third-order valence-corrected chi connectivity index (χ3v) is 6.15. The lowest BCUT2D eigenvalue weighted by molar-refractivity contribution is 0.450. The second-order valence-corrected chi connectivity index (χ2v) is 9.17. The smallest absolute Gasteiger partial charge is 0.175 e. The molecule has 1 fully saturated rings. The van der Waals surface area contributed by atoms with E-state index in [4.69, 9.17) is 5.10 Å². The van der Waals surface area contributed by atoms with Gasteiger partial charge >= 0.3 is 0 Å². The van der Waals surface area contributed by atoms with Crippen molar-refractivity contribution in [1.82, 2.24) is 15.1 Å². The lowest BCUT2D eigenvalue weighted by Gasteiger charge is -2.08. The maximum absolute atomic E-state index is 11.6. The number of hydrogen-bond donors (Lipinski definition) is 1. The number of benzene rings is 2. The SMILES string of the molecule is CS(=O)(=O)c1ccc(-c2cccc(-c3ccn(C[C@H]4CCNC4)n3)c2)cc1. The van der Waals surface area contributed by atoms with Crippen molar-refractivity contribution in [2.75, 3.05) is 19.3 Å². The lowest BCUT2D eigenvalue weighted by Crippen LogP contribution is -2.14. The molecule has 0 bridgehead atoms. The number of nitrogens with zero attached hydrogens (tertiary/aromatic N) is 2. The van der Waals surface area contributed by atoms with Gasteiger partial charge in [0.15, 0.2) is 9.84 Å². The van der Waals surface area contributed by atoms with E-state index < -0.39 is 9.84 Å². The maximum Gasteiger partial charge on any atom is 0.175 e. The first-order chi connectivity index (χ1) is 13.0. The predicted octanol–water partition coefficient (Wildman–Crippen LogP) is 3.23. The largest absolute Gasteiger partial charge is 0.316 e. The Kier molecular flexibility index (Phi) is 4.85. The van der Waals surface area contributed by atoms with Crippen LogP contribution in [0.15, 0.2) is 65.7 Å². The highest BCUT2D eigenvalue weighted by Crippen LogP contribution is 2.26. The summed E-state index contributed by atoms with van der Waals surface area (Å²) < 4.78 is 25.3. The second kappa shape index (κ2) is 7.29. The van der Waals surface area contributed by atoms with Crippen LogP contribution in [0.1, 0.15) is 6.42 Å². The third kappa shape index (κ3) is 4.12. The first-order valence-electron chi connectivity index (χ1n) is 9.14. The Morgan fingerprint density at radius 1 is 1.07 bits per heavy atom. The molecule has 2 heterocycles. The van der Waals surface area contributed by atoms with Crippen LogP contribution in [0.2, 0.25) is 0 Å². The molecule has 1 N–H and O–H groups in total. The molecule has 27 heavy (non-hydrogen) atoms. The molecule has 3 aromatic rings. The lowest BCUT2D eigenvalue weighted by atomic mass is 10.0. The van der Waals surface area contributed by atoms with Gasteiger partial charge in [0.1, 0.15) is 0 Å². The van der Waals surface area contributed by atoms with Crippen molar-refractivity contribution >= 4 is 9.84 Å². The minimum absolute atomic E-state index is 0.336. The van der Waals surface area contributed by atoms with E-state index in [0.29, 0.717) is 10.8 Å². The summed E-state index contributed by atoms with van der Waals surface area (Å²) in [5.41, 5.74) is 4.04. The van der Waals surface area contributed by atoms with Crippen LogP contribution >= 0.6 is 0 Å². The highest BCUT2D eigenvalue weighted by molar-refractivity contribution is 7.90. The predicted molar refractivity (Wildman–Crippen MR) is 107 cm³/mol. The van der Waals surface area contributed by atoms with Gasteiger partial charge in [0.05, 0.1) is 10.6 Å². The molecule has 0 amide bonds. The van der Waals surface area contributed by atoms with Crippen molar-refractivity contribution in [1.29, 1.82) is 0 Å². The topological polar surface area (TPSA) is 64.0 Å². The zero-order valence-corrected chi connectivity index (χ0v) is 16.1. The molecule has 0 aliphatic carbocycles. The van der Waals surface area contributed by atoms with Crippen LogP contribution in [-0.2, 0) is 16.4 Å². The Labute approximate surface area is 160 Å². The standard InChI is InChI=1S/C21H23N3O2S/c1-27(25,26)20-7-5-17(6-8-20)18-3-2-4-19(13-18)21-10-12-24(23-21)15-16-9-11-22-14-16/h2-8,10,12-13,16,22H,9,11,14-15H2,1H3/t16-/m0/s1. The number of aromatic nitrogens is 2. The molecule has 1 aliphatic heterocycles. The second-order valence-electron chi connectivity index (χ2n) is 7.16. The fourth-order valence-corrected chi connectivity index (χ4v) is 4.14. The van der Waals surface area contributed by atoms with E-state index in [2.05, 4.69) is 17.4 Å². The molecule has 1 aliphatic rings. The molecule has 5 nitrogen and oxygen atoms in total. The molecule has 1 aromatic heterocycles. The minimum atomic E-state index is -3.18. The van der Waals surface area contributed by atoms with Crippen LogP contribution in [0, 0.1) is 5.92 Å². The molecular weight excluding hydrogens is 358 g/mol. The zero-order chi connectivity index (χ0) is 18.9. The van der Waals surface area contributed by atoms with Gasteiger partial charge < -0.3 is 5.32 Å². The maximum atomic E-state index is 11.6. The number of hydrogen-bond acceptors (Lipinski definition) is 4. The molecular formula is C21H23N3O2S. The average molecular weight is 382 g/mol. The van der Waals surface area contributed by atoms with Gasteiger partial charge in [-0.15, -0.1) is 0 Å². The van der Waals surface area contributed by atoms with Crippen molar-refractivity contribution in [2.45, 2.75) is 17.9 Å². The summed E-state index contributed by atoms with van der Waals surface area (Å²) in [6.07, 6.45) is 4.47. The zero-order valence-electron chi connectivity index (χ0n) is 15.3. The van der Waals surface area contributed by atoms with Crippen molar-refractivity contribution in [3.63, 3.8) is 0 Å². The van der Waals surface area contributed by atoms with E-state index in [1.807, 2.05) is 41.2 Å². The summed E-state index contributed by atoms with van der Waals surface area (Å²) in [6, 6.07) is 17.2. The molecule has 2 aromatic carbocycles. The minimum Gasteiger partial charge on any atom is -0.316 e. The van der Waals surface area contributed by atoms with E-state index in [1.165, 1.54) is 12.7 Å². The Balaban J connectivity index is 1.56. The number of sulfone groups is 1. The summed E-state index contributed by atoms with van der Waals surface area (Å²) in [5, 5.41) is 8.13. The monoisotopic (exact) mass is 381 g/mol. The molecule has 1 atom stereocenters. The molecule has 6 heteroatoms. The van der Waals surface area contributed by atoms with E-state index in [-0.39, 0.29) is 0 Å². The normalized spacial score (nSPS) is 17.3. The molecule has 1 saturated heterocycles. The van der Waals surface area contributed by atoms with Crippen LogP contribution < -0.4 is 5.32 Å². The third-order valence-electron chi connectivity index (χ3n) is 5.02. The summed E-state index contributed by atoms with van der Waals surface area (Å²) in [4.78, 5) is 0.336. The van der Waals surface area contributed by atoms with E-state index in [1.54, 1.807) is 12.1 Å². The molecule has 140 valence electrons. The summed E-state index contributed by atoms with van der Waals surface area (Å²) >= 11 is 0. The van der Waals surface area contributed by atoms with Gasteiger partial charge in [0.25, 0.3) is 0 Å². The van der Waals surface area contributed by atoms with E-state index in [0.717, 1.165) is 42.0 Å². The number of nitrogens with one attached hydrogen (secondary N) is 1. The Morgan fingerprint density at radius 3 is 2.56 bits per heavy atom. The Bertz CT molecular complexity index is 1030. The van der Waals surface area contributed by atoms with Crippen LogP contribution in [0.5, 0.6) is 0 Å². The van der Waals surface area contributed by atoms with Gasteiger partial charge in [-0.2, -0.15) is 5.10 Å². The van der Waals surface area contributed by atoms with Crippen LogP contribution in [0.3, 0.4) is 0 Å². The van der Waals surface area contributed by atoms with E-state index >= 15 is 0 Å². The molecule has 4 rings (SSSR count). The Hall–Kier alpha value is -2.44. The molecule has 0 spiro atoms. The van der Waals surface area contributed by atoms with Gasteiger partial charge in [-0.1, -0.05) is 30.3 Å². The summed E-state index contributed by atoms with van der Waals surface area (Å²) in [6.45, 7) is 3.10. The van der Waals surface area contributed by atoms with Crippen molar-refractivity contribution in [3.8, 4) is 22.4 Å². The fourth-order valence-electron chi connectivity index (χ4n) is 3.50. The highest BCUT2D eigenvalue weighted by Gasteiger charge is 2.15. The van der Waals surface area contributed by atoms with Gasteiger partial charge in [-0.25, -0.2) is 8.42 Å². The molecule has 0 unspecified atom stereocenters. The van der Waals surface area contributed by atoms with Crippen LogP contribution in [-0.4, -0.2) is 37.5 Å². The fraction of sp³-hybridized carbons (Fsp3) is 0.286. The molecule has 0 saturated carbocycles. The Morgan fingerprint density at radius 2 is 1.85 bits per heavy atom. The van der Waals surface area contributed by atoms with Gasteiger partial charge in [0, 0.05) is 24.6 Å². The first-order valence-corrected chi connectivity index (χ1v) is 11.0. The quantitative estimate of drug-likeness (QED) is 0.737. The van der Waals surface area contributed by atoms with Crippen molar-refractivity contribution in [3.05, 3.63) is 60.8 Å². The van der Waals surface area contributed by atoms with Crippen LogP contribution in [0.4, 0.5) is 0 Å². The van der Waals surface area contributed by atoms with Crippen LogP contribution in [0.25, 0.3) is 22.4 Å². The van der Waals surface area contributed by atoms with Crippen molar-refractivity contribution < 1.29 is 8.42 Å².